The van der Waals surface area contributed by atoms with Crippen LogP contribution in [0.1, 0.15) is 6.42 Å². The molecule has 0 aliphatic carbocycles. The van der Waals surface area contributed by atoms with Crippen LogP contribution in [0, 0.1) is 5.92 Å². The topological polar surface area (TPSA) is 9.23 Å². The Morgan fingerprint density at radius 2 is 1.93 bits per heavy atom. The zero-order chi connectivity index (χ0) is 11.1. The van der Waals surface area contributed by atoms with Gasteiger partial charge in [-0.2, -0.15) is 0 Å². The SMILES string of the molecule is BrCC(CBr)CCOc1cccc(Br)c1. The Balaban J connectivity index is 2.31. The van der Waals surface area contributed by atoms with Gasteiger partial charge in [0, 0.05) is 15.1 Å². The van der Waals surface area contributed by atoms with Crippen molar-refractivity contribution in [2.75, 3.05) is 17.3 Å². The van der Waals surface area contributed by atoms with Crippen molar-refractivity contribution in [3.05, 3.63) is 28.7 Å². The Labute approximate surface area is 116 Å². The first kappa shape index (κ1) is 13.5. The van der Waals surface area contributed by atoms with E-state index in [0.29, 0.717) is 5.92 Å². The standard InChI is InChI=1S/C11H13Br3O/c12-7-9(8-13)4-5-15-11-3-1-2-10(14)6-11/h1-3,6,9H,4-5,7-8H2. The van der Waals surface area contributed by atoms with Crippen LogP contribution in [0.5, 0.6) is 5.75 Å². The zero-order valence-corrected chi connectivity index (χ0v) is 13.0. The summed E-state index contributed by atoms with van der Waals surface area (Å²) in [5.41, 5.74) is 0. The minimum Gasteiger partial charge on any atom is -0.494 e. The number of halogens is 3. The predicted octanol–water partition coefficient (Wildman–Crippen LogP) is 4.62. The smallest absolute Gasteiger partial charge is 0.120 e. The fraction of sp³-hybridized carbons (Fsp3) is 0.455. The van der Waals surface area contributed by atoms with Gasteiger partial charge in [0.2, 0.25) is 0 Å². The lowest BCUT2D eigenvalue weighted by Crippen LogP contribution is -2.09. The molecule has 0 radical (unpaired) electrons. The third-order valence-electron chi connectivity index (χ3n) is 2.03. The molecule has 1 aromatic carbocycles. The van der Waals surface area contributed by atoms with E-state index in [-0.39, 0.29) is 0 Å². The summed E-state index contributed by atoms with van der Waals surface area (Å²) in [6, 6.07) is 7.93. The van der Waals surface area contributed by atoms with E-state index < -0.39 is 0 Å². The summed E-state index contributed by atoms with van der Waals surface area (Å²) < 4.78 is 6.70. The Morgan fingerprint density at radius 1 is 1.20 bits per heavy atom. The second-order valence-electron chi connectivity index (χ2n) is 3.27. The third-order valence-corrected chi connectivity index (χ3v) is 4.35. The Kier molecular flexibility index (Phi) is 6.93. The van der Waals surface area contributed by atoms with E-state index >= 15 is 0 Å². The van der Waals surface area contributed by atoms with E-state index in [4.69, 9.17) is 4.74 Å². The van der Waals surface area contributed by atoms with Crippen molar-refractivity contribution >= 4 is 47.8 Å². The van der Waals surface area contributed by atoms with E-state index in [0.717, 1.165) is 33.9 Å². The monoisotopic (exact) mass is 398 g/mol. The highest BCUT2D eigenvalue weighted by molar-refractivity contribution is 9.10. The molecule has 0 spiro atoms. The lowest BCUT2D eigenvalue weighted by Gasteiger charge is -2.11. The van der Waals surface area contributed by atoms with Crippen LogP contribution in [-0.2, 0) is 0 Å². The van der Waals surface area contributed by atoms with Crippen molar-refractivity contribution in [3.63, 3.8) is 0 Å². The maximum absolute atomic E-state index is 5.65. The minimum absolute atomic E-state index is 0.636. The first-order valence-electron chi connectivity index (χ1n) is 4.76. The normalized spacial score (nSPS) is 10.7. The number of benzene rings is 1. The molecular formula is C11H13Br3O. The van der Waals surface area contributed by atoms with Crippen molar-refractivity contribution in [2.24, 2.45) is 5.92 Å². The van der Waals surface area contributed by atoms with Gasteiger partial charge in [-0.05, 0) is 30.5 Å². The van der Waals surface area contributed by atoms with E-state index in [1.165, 1.54) is 0 Å². The summed E-state index contributed by atoms with van der Waals surface area (Å²) in [4.78, 5) is 0. The fourth-order valence-corrected chi connectivity index (χ4v) is 3.19. The summed E-state index contributed by atoms with van der Waals surface area (Å²) in [5.74, 6) is 1.56. The van der Waals surface area contributed by atoms with Crippen LogP contribution in [0.25, 0.3) is 0 Å². The maximum Gasteiger partial charge on any atom is 0.120 e. The van der Waals surface area contributed by atoms with Crippen molar-refractivity contribution in [3.8, 4) is 5.75 Å². The quantitative estimate of drug-likeness (QED) is 0.633. The molecule has 1 nitrogen and oxygen atoms in total. The van der Waals surface area contributed by atoms with Gasteiger partial charge in [0.1, 0.15) is 5.75 Å². The second kappa shape index (κ2) is 7.69. The number of alkyl halides is 2. The molecule has 1 aromatic rings. The number of ether oxygens (including phenoxy) is 1. The average molecular weight is 401 g/mol. The molecule has 0 heterocycles. The van der Waals surface area contributed by atoms with Crippen LogP contribution in [0.15, 0.2) is 28.7 Å². The zero-order valence-electron chi connectivity index (χ0n) is 8.26. The van der Waals surface area contributed by atoms with Crippen LogP contribution in [0.3, 0.4) is 0 Å². The maximum atomic E-state index is 5.65. The summed E-state index contributed by atoms with van der Waals surface area (Å²) in [6.07, 6.45) is 1.06. The Morgan fingerprint density at radius 3 is 2.53 bits per heavy atom. The highest BCUT2D eigenvalue weighted by Crippen LogP contribution is 2.18. The summed E-state index contributed by atoms with van der Waals surface area (Å²) in [6.45, 7) is 0.762. The highest BCUT2D eigenvalue weighted by Gasteiger charge is 2.05. The molecular weight excluding hydrogens is 388 g/mol. The Hall–Kier alpha value is 0.460. The summed E-state index contributed by atoms with van der Waals surface area (Å²) in [5, 5.41) is 2.03. The molecule has 0 saturated carbocycles. The van der Waals surface area contributed by atoms with E-state index in [9.17, 15) is 0 Å². The van der Waals surface area contributed by atoms with Crippen LogP contribution >= 0.6 is 47.8 Å². The summed E-state index contributed by atoms with van der Waals surface area (Å²) in [7, 11) is 0. The fourth-order valence-electron chi connectivity index (χ4n) is 1.10. The second-order valence-corrected chi connectivity index (χ2v) is 5.48. The molecule has 0 amide bonds. The van der Waals surface area contributed by atoms with Crippen LogP contribution in [-0.4, -0.2) is 17.3 Å². The molecule has 0 bridgehead atoms. The molecule has 15 heavy (non-hydrogen) atoms. The van der Waals surface area contributed by atoms with E-state index in [1.54, 1.807) is 0 Å². The van der Waals surface area contributed by atoms with E-state index in [2.05, 4.69) is 47.8 Å². The van der Waals surface area contributed by atoms with Gasteiger partial charge in [0.15, 0.2) is 0 Å². The first-order valence-corrected chi connectivity index (χ1v) is 7.80. The molecule has 84 valence electrons. The van der Waals surface area contributed by atoms with Crippen LogP contribution < -0.4 is 4.74 Å². The van der Waals surface area contributed by atoms with E-state index in [1.807, 2.05) is 24.3 Å². The van der Waals surface area contributed by atoms with Crippen molar-refractivity contribution in [1.82, 2.24) is 0 Å². The molecule has 0 aliphatic heterocycles. The van der Waals surface area contributed by atoms with Crippen LogP contribution in [0.4, 0.5) is 0 Å². The van der Waals surface area contributed by atoms with Gasteiger partial charge in [-0.3, -0.25) is 0 Å². The average Bonchev–Trinajstić information content (AvgIpc) is 2.25. The minimum atomic E-state index is 0.636. The number of hydrogen-bond donors (Lipinski definition) is 0. The highest BCUT2D eigenvalue weighted by atomic mass is 79.9. The lowest BCUT2D eigenvalue weighted by atomic mass is 10.1. The Bertz CT molecular complexity index is 287. The van der Waals surface area contributed by atoms with Gasteiger partial charge in [-0.1, -0.05) is 53.9 Å². The molecule has 0 unspecified atom stereocenters. The van der Waals surface area contributed by atoms with Gasteiger partial charge in [-0.15, -0.1) is 0 Å². The summed E-state index contributed by atoms with van der Waals surface area (Å²) >= 11 is 10.4. The van der Waals surface area contributed by atoms with Crippen molar-refractivity contribution in [1.29, 1.82) is 0 Å². The largest absolute Gasteiger partial charge is 0.494 e. The first-order chi connectivity index (χ1) is 7.26. The van der Waals surface area contributed by atoms with Gasteiger partial charge < -0.3 is 4.74 Å². The number of hydrogen-bond acceptors (Lipinski definition) is 1. The number of rotatable bonds is 6. The molecule has 4 heteroatoms. The molecule has 1 rings (SSSR count). The molecule has 0 atom stereocenters. The molecule has 0 aromatic heterocycles. The van der Waals surface area contributed by atoms with Gasteiger partial charge in [-0.25, -0.2) is 0 Å². The predicted molar refractivity (Wildman–Crippen MR) is 75.3 cm³/mol. The van der Waals surface area contributed by atoms with Crippen LogP contribution in [0.2, 0.25) is 0 Å². The lowest BCUT2D eigenvalue weighted by molar-refractivity contribution is 0.292. The van der Waals surface area contributed by atoms with Gasteiger partial charge >= 0.3 is 0 Å². The van der Waals surface area contributed by atoms with Crippen molar-refractivity contribution < 1.29 is 4.74 Å². The van der Waals surface area contributed by atoms with Gasteiger partial charge in [0.05, 0.1) is 6.61 Å². The molecule has 0 aliphatic rings. The third kappa shape index (κ3) is 5.36. The van der Waals surface area contributed by atoms with Crippen molar-refractivity contribution in [2.45, 2.75) is 6.42 Å². The molecule has 0 N–H and O–H groups in total. The molecule has 0 fully saturated rings. The molecule has 0 saturated heterocycles. The van der Waals surface area contributed by atoms with Gasteiger partial charge in [0.25, 0.3) is 0 Å².